The molecule has 0 saturated carbocycles. The molecule has 2 aromatic rings. The topological polar surface area (TPSA) is 26.3 Å². The van der Waals surface area contributed by atoms with Crippen molar-refractivity contribution in [3.8, 4) is 5.75 Å². The summed E-state index contributed by atoms with van der Waals surface area (Å²) in [6.45, 7) is 0.519. The Hall–Kier alpha value is -1.58. The van der Waals surface area contributed by atoms with Crippen molar-refractivity contribution in [3.05, 3.63) is 62.9 Å². The second kappa shape index (κ2) is 5.08. The van der Waals surface area contributed by atoms with Gasteiger partial charge < -0.3 is 4.74 Å². The van der Waals surface area contributed by atoms with E-state index in [0.29, 0.717) is 29.4 Å². The Labute approximate surface area is 125 Å². The van der Waals surface area contributed by atoms with Gasteiger partial charge in [0.1, 0.15) is 11.6 Å². The molecule has 1 aliphatic heterocycles. The molecule has 0 aromatic heterocycles. The second-order valence-electron chi connectivity index (χ2n) is 4.50. The minimum atomic E-state index is -0.628. The van der Waals surface area contributed by atoms with Crippen LogP contribution in [0.15, 0.2) is 30.3 Å². The van der Waals surface area contributed by atoms with Crippen molar-refractivity contribution in [2.24, 2.45) is 0 Å². The van der Waals surface area contributed by atoms with E-state index < -0.39 is 5.82 Å². The first-order valence-electron chi connectivity index (χ1n) is 6.01. The number of benzene rings is 2. The first kappa shape index (κ1) is 13.4. The molecule has 102 valence electrons. The number of halogens is 3. The minimum absolute atomic E-state index is 0.0193. The molecule has 3 rings (SSSR count). The lowest BCUT2D eigenvalue weighted by Crippen LogP contribution is -2.04. The van der Waals surface area contributed by atoms with Crippen LogP contribution < -0.4 is 4.74 Å². The van der Waals surface area contributed by atoms with Crippen molar-refractivity contribution in [3.63, 3.8) is 0 Å². The Morgan fingerprint density at radius 1 is 1.20 bits per heavy atom. The summed E-state index contributed by atoms with van der Waals surface area (Å²) in [6.07, 6.45) is 0.713. The highest BCUT2D eigenvalue weighted by molar-refractivity contribution is 6.32. The molecular weight excluding hydrogens is 302 g/mol. The fourth-order valence-corrected chi connectivity index (χ4v) is 2.59. The molecule has 0 atom stereocenters. The van der Waals surface area contributed by atoms with Gasteiger partial charge in [-0.3, -0.25) is 4.79 Å². The van der Waals surface area contributed by atoms with Crippen LogP contribution >= 0.6 is 23.2 Å². The van der Waals surface area contributed by atoms with E-state index >= 15 is 0 Å². The van der Waals surface area contributed by atoms with Crippen molar-refractivity contribution in [1.82, 2.24) is 0 Å². The average molecular weight is 311 g/mol. The van der Waals surface area contributed by atoms with Gasteiger partial charge in [-0.1, -0.05) is 23.2 Å². The van der Waals surface area contributed by atoms with Crippen molar-refractivity contribution in [2.45, 2.75) is 6.42 Å². The molecule has 2 nitrogen and oxygen atoms in total. The Bertz CT molecular complexity index is 713. The smallest absolute Gasteiger partial charge is 0.196 e. The van der Waals surface area contributed by atoms with E-state index in [9.17, 15) is 9.18 Å². The molecule has 5 heteroatoms. The van der Waals surface area contributed by atoms with Gasteiger partial charge in [-0.15, -0.1) is 0 Å². The number of ketones is 1. The highest BCUT2D eigenvalue weighted by Gasteiger charge is 2.23. The average Bonchev–Trinajstić information content (AvgIpc) is 2.88. The number of hydrogen-bond acceptors (Lipinski definition) is 2. The minimum Gasteiger partial charge on any atom is -0.492 e. The van der Waals surface area contributed by atoms with E-state index in [1.54, 1.807) is 12.1 Å². The summed E-state index contributed by atoms with van der Waals surface area (Å²) in [5.74, 6) is -0.423. The van der Waals surface area contributed by atoms with Crippen LogP contribution in [0.3, 0.4) is 0 Å². The zero-order valence-electron chi connectivity index (χ0n) is 10.3. The summed E-state index contributed by atoms with van der Waals surface area (Å²) in [5.41, 5.74) is 1.47. The number of fused-ring (bicyclic) bond motifs is 1. The van der Waals surface area contributed by atoms with E-state index in [4.69, 9.17) is 27.9 Å². The van der Waals surface area contributed by atoms with Crippen LogP contribution in [0.5, 0.6) is 5.75 Å². The highest BCUT2D eigenvalue weighted by Crippen LogP contribution is 2.34. The van der Waals surface area contributed by atoms with Gasteiger partial charge in [-0.2, -0.15) is 0 Å². The maximum atomic E-state index is 13.5. The molecule has 0 saturated heterocycles. The van der Waals surface area contributed by atoms with E-state index in [2.05, 4.69) is 0 Å². The number of carbonyl (C=O) groups excluding carboxylic acids is 1. The zero-order chi connectivity index (χ0) is 14.3. The van der Waals surface area contributed by atoms with E-state index in [0.717, 1.165) is 11.6 Å². The van der Waals surface area contributed by atoms with Crippen LogP contribution in [0.2, 0.25) is 10.0 Å². The molecule has 0 radical (unpaired) electrons. The monoisotopic (exact) mass is 310 g/mol. The van der Waals surface area contributed by atoms with Gasteiger partial charge in [0.25, 0.3) is 0 Å². The SMILES string of the molecule is O=C(c1ccc(Cl)c(F)c1)c1cc(Cl)cc2c1OCC2. The number of hydrogen-bond donors (Lipinski definition) is 0. The maximum Gasteiger partial charge on any atom is 0.196 e. The summed E-state index contributed by atoms with van der Waals surface area (Å²) >= 11 is 11.6. The normalized spacial score (nSPS) is 12.9. The molecule has 0 amide bonds. The third-order valence-electron chi connectivity index (χ3n) is 3.17. The molecule has 0 unspecified atom stereocenters. The molecule has 1 heterocycles. The second-order valence-corrected chi connectivity index (χ2v) is 5.34. The van der Waals surface area contributed by atoms with E-state index in [-0.39, 0.29) is 16.4 Å². The van der Waals surface area contributed by atoms with Crippen molar-refractivity contribution in [2.75, 3.05) is 6.61 Å². The van der Waals surface area contributed by atoms with Crippen LogP contribution in [0.25, 0.3) is 0 Å². The largest absolute Gasteiger partial charge is 0.492 e. The van der Waals surface area contributed by atoms with Gasteiger partial charge in [0.05, 0.1) is 17.2 Å². The summed E-state index contributed by atoms with van der Waals surface area (Å²) in [4.78, 5) is 12.5. The molecule has 0 spiro atoms. The quantitative estimate of drug-likeness (QED) is 0.773. The first-order valence-corrected chi connectivity index (χ1v) is 6.77. The Kier molecular flexibility index (Phi) is 3.40. The van der Waals surface area contributed by atoms with E-state index in [1.165, 1.54) is 12.1 Å². The molecule has 2 aromatic carbocycles. The first-order chi connectivity index (χ1) is 9.56. The van der Waals surface area contributed by atoms with Gasteiger partial charge in [0.2, 0.25) is 0 Å². The lowest BCUT2D eigenvalue weighted by Gasteiger charge is -2.08. The van der Waals surface area contributed by atoms with Gasteiger partial charge in [-0.25, -0.2) is 4.39 Å². The predicted molar refractivity (Wildman–Crippen MR) is 75.5 cm³/mol. The van der Waals surface area contributed by atoms with E-state index in [1.807, 2.05) is 0 Å². The molecule has 1 aliphatic rings. The van der Waals surface area contributed by atoms with Gasteiger partial charge in [-0.05, 0) is 35.9 Å². The van der Waals surface area contributed by atoms with Crippen LogP contribution in [0.1, 0.15) is 21.5 Å². The standard InChI is InChI=1S/C15H9Cl2FO2/c16-10-5-9-3-4-20-15(9)11(7-10)14(19)8-1-2-12(17)13(18)6-8/h1-2,5-7H,3-4H2. The summed E-state index contributed by atoms with van der Waals surface area (Å²) in [6, 6.07) is 7.28. The van der Waals surface area contributed by atoms with Crippen molar-refractivity contribution < 1.29 is 13.9 Å². The molecule has 0 aliphatic carbocycles. The van der Waals surface area contributed by atoms with Crippen molar-refractivity contribution >= 4 is 29.0 Å². The number of ether oxygens (including phenoxy) is 1. The fraction of sp³-hybridized carbons (Fsp3) is 0.133. The lowest BCUT2D eigenvalue weighted by atomic mass is 9.99. The van der Waals surface area contributed by atoms with Gasteiger partial charge >= 0.3 is 0 Å². The Morgan fingerprint density at radius 2 is 2.00 bits per heavy atom. The molecule has 0 N–H and O–H groups in total. The number of carbonyl (C=O) groups is 1. The third kappa shape index (κ3) is 2.28. The van der Waals surface area contributed by atoms with Crippen molar-refractivity contribution in [1.29, 1.82) is 0 Å². The molecule has 20 heavy (non-hydrogen) atoms. The Morgan fingerprint density at radius 3 is 2.75 bits per heavy atom. The lowest BCUT2D eigenvalue weighted by molar-refractivity contribution is 0.103. The number of rotatable bonds is 2. The van der Waals surface area contributed by atoms with Crippen LogP contribution in [-0.2, 0) is 6.42 Å². The fourth-order valence-electron chi connectivity index (χ4n) is 2.23. The van der Waals surface area contributed by atoms with Gasteiger partial charge in [0, 0.05) is 17.0 Å². The van der Waals surface area contributed by atoms with Crippen LogP contribution in [0, 0.1) is 5.82 Å². The summed E-state index contributed by atoms with van der Waals surface area (Å²) in [7, 11) is 0. The third-order valence-corrected chi connectivity index (χ3v) is 3.70. The van der Waals surface area contributed by atoms with Crippen LogP contribution in [0.4, 0.5) is 4.39 Å². The Balaban J connectivity index is 2.09. The summed E-state index contributed by atoms with van der Waals surface area (Å²) < 4.78 is 18.9. The zero-order valence-corrected chi connectivity index (χ0v) is 11.8. The summed E-state index contributed by atoms with van der Waals surface area (Å²) in [5, 5.41) is 0.446. The van der Waals surface area contributed by atoms with Crippen LogP contribution in [-0.4, -0.2) is 12.4 Å². The highest BCUT2D eigenvalue weighted by atomic mass is 35.5. The predicted octanol–water partition coefficient (Wildman–Crippen LogP) is 4.30. The molecular formula is C15H9Cl2FO2. The molecule has 0 fully saturated rings. The van der Waals surface area contributed by atoms with Gasteiger partial charge in [0.15, 0.2) is 5.78 Å². The maximum absolute atomic E-state index is 13.5. The molecule has 0 bridgehead atoms.